The van der Waals surface area contributed by atoms with Crippen molar-refractivity contribution in [3.63, 3.8) is 0 Å². The molecule has 1 amide bonds. The summed E-state index contributed by atoms with van der Waals surface area (Å²) < 4.78 is 58.7. The normalized spacial score (nSPS) is 10.5. The van der Waals surface area contributed by atoms with E-state index in [0.717, 1.165) is 11.9 Å². The highest BCUT2D eigenvalue weighted by atomic mass is 19.2. The summed E-state index contributed by atoms with van der Waals surface area (Å²) in [6.45, 7) is 0. The van der Waals surface area contributed by atoms with Crippen LogP contribution in [0.2, 0.25) is 0 Å². The van der Waals surface area contributed by atoms with Gasteiger partial charge in [0.25, 0.3) is 5.91 Å². The number of benzene rings is 1. The van der Waals surface area contributed by atoms with Gasteiger partial charge in [0.05, 0.1) is 7.11 Å². The van der Waals surface area contributed by atoms with Crippen LogP contribution >= 0.6 is 0 Å². The Balaban J connectivity index is 2.53. The minimum atomic E-state index is -1.77. The van der Waals surface area contributed by atoms with Gasteiger partial charge in [0, 0.05) is 19.3 Å². The largest absolute Gasteiger partial charge is 0.493 e. The predicted octanol–water partition coefficient (Wildman–Crippen LogP) is 2.92. The second-order valence-electron chi connectivity index (χ2n) is 4.24. The third-order valence-electron chi connectivity index (χ3n) is 2.92. The lowest BCUT2D eigenvalue weighted by Crippen LogP contribution is -2.30. The van der Waals surface area contributed by atoms with Gasteiger partial charge < -0.3 is 4.74 Å². The second kappa shape index (κ2) is 6.00. The molecule has 116 valence electrons. The van der Waals surface area contributed by atoms with Crippen molar-refractivity contribution in [3.8, 4) is 5.75 Å². The van der Waals surface area contributed by atoms with E-state index in [9.17, 15) is 22.4 Å². The molecular weight excluding hydrogens is 304 g/mol. The highest BCUT2D eigenvalue weighted by Crippen LogP contribution is 2.27. The van der Waals surface area contributed by atoms with Crippen LogP contribution in [0.3, 0.4) is 0 Å². The first-order valence-corrected chi connectivity index (χ1v) is 5.98. The van der Waals surface area contributed by atoms with Crippen LogP contribution < -0.4 is 9.64 Å². The van der Waals surface area contributed by atoms with E-state index in [1.165, 1.54) is 25.4 Å². The predicted molar refractivity (Wildman–Crippen MR) is 69.8 cm³/mol. The fraction of sp³-hybridized carbons (Fsp3) is 0.143. The van der Waals surface area contributed by atoms with Gasteiger partial charge in [0.15, 0.2) is 34.8 Å². The summed E-state index contributed by atoms with van der Waals surface area (Å²) in [4.78, 5) is 16.8. The number of pyridine rings is 1. The van der Waals surface area contributed by atoms with E-state index >= 15 is 0 Å². The molecular formula is C14H10F4N2O2. The van der Waals surface area contributed by atoms with Crippen LogP contribution in [-0.4, -0.2) is 25.0 Å². The lowest BCUT2D eigenvalue weighted by Gasteiger charge is -2.19. The Morgan fingerprint density at radius 3 is 2.32 bits per heavy atom. The molecule has 0 saturated heterocycles. The van der Waals surface area contributed by atoms with E-state index in [-0.39, 0.29) is 17.6 Å². The first-order chi connectivity index (χ1) is 10.4. The standard InChI is InChI=1S/C14H10F4N2O2/c1-20(13-9(22-2)4-3-5-19-13)14(21)10-11(17)7(15)6-8(16)12(10)18/h3-6H,1-2H3. The quantitative estimate of drug-likeness (QED) is 0.646. The molecule has 1 aromatic heterocycles. The number of rotatable bonds is 3. The maximum atomic E-state index is 13.7. The molecule has 0 saturated carbocycles. The Morgan fingerprint density at radius 2 is 1.77 bits per heavy atom. The average Bonchev–Trinajstić information content (AvgIpc) is 2.52. The summed E-state index contributed by atoms with van der Waals surface area (Å²) in [5.74, 6) is -8.08. The molecule has 0 aliphatic rings. The molecule has 0 radical (unpaired) electrons. The minimum absolute atomic E-state index is 0.0306. The smallest absolute Gasteiger partial charge is 0.265 e. The van der Waals surface area contributed by atoms with Crippen molar-refractivity contribution in [1.82, 2.24) is 4.98 Å². The maximum Gasteiger partial charge on any atom is 0.265 e. The topological polar surface area (TPSA) is 42.4 Å². The fourth-order valence-electron chi connectivity index (χ4n) is 1.82. The zero-order chi connectivity index (χ0) is 16.4. The Hall–Kier alpha value is -2.64. The van der Waals surface area contributed by atoms with Crippen LogP contribution in [0.5, 0.6) is 5.75 Å². The number of anilines is 1. The molecule has 22 heavy (non-hydrogen) atoms. The van der Waals surface area contributed by atoms with Gasteiger partial charge in [-0.05, 0) is 12.1 Å². The number of carbonyl (C=O) groups excluding carboxylic acids is 1. The van der Waals surface area contributed by atoms with Crippen molar-refractivity contribution >= 4 is 11.7 Å². The highest BCUT2D eigenvalue weighted by molar-refractivity contribution is 6.06. The first kappa shape index (κ1) is 15.7. The van der Waals surface area contributed by atoms with E-state index < -0.39 is 34.7 Å². The van der Waals surface area contributed by atoms with Crippen molar-refractivity contribution in [2.75, 3.05) is 19.1 Å². The van der Waals surface area contributed by atoms with Crippen molar-refractivity contribution < 1.29 is 27.1 Å². The molecule has 2 rings (SSSR count). The molecule has 1 aromatic carbocycles. The number of amides is 1. The van der Waals surface area contributed by atoms with Crippen molar-refractivity contribution in [1.29, 1.82) is 0 Å². The molecule has 0 unspecified atom stereocenters. The van der Waals surface area contributed by atoms with Gasteiger partial charge in [0.2, 0.25) is 0 Å². The van der Waals surface area contributed by atoms with Gasteiger partial charge in [-0.25, -0.2) is 22.5 Å². The zero-order valence-corrected chi connectivity index (χ0v) is 11.5. The summed E-state index contributed by atoms with van der Waals surface area (Å²) in [5.41, 5.74) is -1.34. The summed E-state index contributed by atoms with van der Waals surface area (Å²) in [6.07, 6.45) is 1.32. The molecule has 0 spiro atoms. The fourth-order valence-corrected chi connectivity index (χ4v) is 1.82. The Kier molecular flexibility index (Phi) is 4.30. The minimum Gasteiger partial charge on any atom is -0.493 e. The molecule has 2 aromatic rings. The van der Waals surface area contributed by atoms with Gasteiger partial charge in [-0.3, -0.25) is 9.69 Å². The average molecular weight is 314 g/mol. The van der Waals surface area contributed by atoms with Gasteiger partial charge >= 0.3 is 0 Å². The van der Waals surface area contributed by atoms with Gasteiger partial charge in [0.1, 0.15) is 5.56 Å². The second-order valence-corrected chi connectivity index (χ2v) is 4.24. The van der Waals surface area contributed by atoms with Gasteiger partial charge in [-0.2, -0.15) is 0 Å². The molecule has 0 atom stereocenters. The number of aromatic nitrogens is 1. The number of halogens is 4. The third-order valence-corrected chi connectivity index (χ3v) is 2.92. The molecule has 0 bridgehead atoms. The summed E-state index contributed by atoms with van der Waals surface area (Å²) in [7, 11) is 2.46. The van der Waals surface area contributed by atoms with E-state index in [2.05, 4.69) is 4.98 Å². The summed E-state index contributed by atoms with van der Waals surface area (Å²) in [6, 6.07) is 3.01. The molecule has 1 heterocycles. The van der Waals surface area contributed by atoms with Crippen LogP contribution in [0, 0.1) is 23.3 Å². The maximum absolute atomic E-state index is 13.7. The number of carbonyl (C=O) groups is 1. The van der Waals surface area contributed by atoms with E-state index in [0.29, 0.717) is 0 Å². The Morgan fingerprint density at radius 1 is 1.18 bits per heavy atom. The van der Waals surface area contributed by atoms with E-state index in [4.69, 9.17) is 4.74 Å². The monoisotopic (exact) mass is 314 g/mol. The molecule has 8 heteroatoms. The first-order valence-electron chi connectivity index (χ1n) is 5.98. The van der Waals surface area contributed by atoms with Crippen molar-refractivity contribution in [2.24, 2.45) is 0 Å². The number of ether oxygens (including phenoxy) is 1. The molecule has 0 aliphatic heterocycles. The number of hydrogen-bond donors (Lipinski definition) is 0. The molecule has 0 fully saturated rings. The SMILES string of the molecule is COc1cccnc1N(C)C(=O)c1c(F)c(F)cc(F)c1F. The molecule has 0 aliphatic carbocycles. The number of methoxy groups -OCH3 is 1. The number of nitrogens with zero attached hydrogens (tertiary/aromatic N) is 2. The van der Waals surface area contributed by atoms with Crippen LogP contribution in [-0.2, 0) is 0 Å². The number of hydrogen-bond acceptors (Lipinski definition) is 3. The van der Waals surface area contributed by atoms with Crippen molar-refractivity contribution in [2.45, 2.75) is 0 Å². The lowest BCUT2D eigenvalue weighted by atomic mass is 10.1. The van der Waals surface area contributed by atoms with Gasteiger partial charge in [-0.1, -0.05) is 0 Å². The lowest BCUT2D eigenvalue weighted by molar-refractivity contribution is 0.0981. The van der Waals surface area contributed by atoms with E-state index in [1.807, 2.05) is 0 Å². The third kappa shape index (κ3) is 2.59. The van der Waals surface area contributed by atoms with Crippen LogP contribution in [0.25, 0.3) is 0 Å². The Bertz CT molecular complexity index is 711. The molecule has 0 N–H and O–H groups in total. The van der Waals surface area contributed by atoms with Crippen LogP contribution in [0.1, 0.15) is 10.4 Å². The van der Waals surface area contributed by atoms with E-state index in [1.54, 1.807) is 0 Å². The highest BCUT2D eigenvalue weighted by Gasteiger charge is 2.29. The van der Waals surface area contributed by atoms with Crippen LogP contribution in [0.15, 0.2) is 24.4 Å². The van der Waals surface area contributed by atoms with Gasteiger partial charge in [-0.15, -0.1) is 0 Å². The van der Waals surface area contributed by atoms with Crippen molar-refractivity contribution in [3.05, 3.63) is 53.2 Å². The van der Waals surface area contributed by atoms with Crippen LogP contribution in [0.4, 0.5) is 23.4 Å². The summed E-state index contributed by atoms with van der Waals surface area (Å²) >= 11 is 0. The zero-order valence-electron chi connectivity index (χ0n) is 11.5. The molecule has 4 nitrogen and oxygen atoms in total. The summed E-state index contributed by atoms with van der Waals surface area (Å²) in [5, 5.41) is 0. The Labute approximate surface area is 123 Å².